The second-order valence-electron chi connectivity index (χ2n) is 8.84. The Kier molecular flexibility index (Phi) is 7.05. The fourth-order valence-electron chi connectivity index (χ4n) is 4.50. The molecule has 5 rings (SSSR count). The Hall–Kier alpha value is -3.60. The second-order valence-corrected chi connectivity index (χ2v) is 10.8. The van der Waals surface area contributed by atoms with Gasteiger partial charge in [-0.25, -0.2) is 22.8 Å². The number of para-hydroxylation sites is 3. The first-order valence-electron chi connectivity index (χ1n) is 12.0. The number of nitrogens with one attached hydrogen (secondary N) is 1. The fraction of sp³-hybridized carbons (Fsp3) is 0.259. The third-order valence-corrected chi connectivity index (χ3v) is 8.54. The molecule has 3 aromatic carbocycles. The maximum absolute atomic E-state index is 13.3. The monoisotopic (exact) mass is 521 g/mol. The molecule has 1 aliphatic heterocycles. The van der Waals surface area contributed by atoms with Crippen molar-refractivity contribution >= 4 is 32.4 Å². The largest absolute Gasteiger partial charge is 0.495 e. The molecule has 192 valence electrons. The van der Waals surface area contributed by atoms with E-state index in [0.717, 1.165) is 16.6 Å². The lowest BCUT2D eigenvalue weighted by Crippen LogP contribution is -2.49. The van der Waals surface area contributed by atoms with Crippen LogP contribution in [0.5, 0.6) is 5.75 Å². The molecule has 0 aliphatic carbocycles. The van der Waals surface area contributed by atoms with Crippen LogP contribution in [-0.4, -0.2) is 60.9 Å². The number of fused-ring (bicyclic) bond motifs is 1. The normalized spacial score (nSPS) is 16.0. The van der Waals surface area contributed by atoms with E-state index in [4.69, 9.17) is 14.7 Å². The number of aromatic nitrogens is 2. The Morgan fingerprint density at radius 1 is 0.919 bits per heavy atom. The van der Waals surface area contributed by atoms with E-state index in [-0.39, 0.29) is 10.9 Å². The molecule has 4 aromatic rings. The van der Waals surface area contributed by atoms with Gasteiger partial charge in [-0.05, 0) is 55.5 Å². The number of ether oxygens (including phenoxy) is 1. The van der Waals surface area contributed by atoms with Crippen LogP contribution in [0.15, 0.2) is 77.7 Å². The highest BCUT2D eigenvalue weighted by Crippen LogP contribution is 2.31. The van der Waals surface area contributed by atoms with Crippen LogP contribution in [0.2, 0.25) is 0 Å². The quantitative estimate of drug-likeness (QED) is 0.381. The van der Waals surface area contributed by atoms with Crippen LogP contribution in [-0.2, 0) is 10.0 Å². The molecule has 1 aromatic heterocycles. The Morgan fingerprint density at radius 3 is 2.32 bits per heavy atom. The van der Waals surface area contributed by atoms with E-state index in [1.807, 2.05) is 55.5 Å². The van der Waals surface area contributed by atoms with Crippen molar-refractivity contribution in [1.82, 2.24) is 19.2 Å². The van der Waals surface area contributed by atoms with Crippen LogP contribution in [0.4, 0.5) is 15.9 Å². The number of methoxy groups -OCH3 is 1. The highest BCUT2D eigenvalue weighted by molar-refractivity contribution is 7.89. The van der Waals surface area contributed by atoms with Gasteiger partial charge in [-0.2, -0.15) is 4.31 Å². The van der Waals surface area contributed by atoms with E-state index < -0.39 is 15.8 Å². The molecule has 0 amide bonds. The number of halogens is 1. The molecule has 0 saturated carbocycles. The molecule has 1 N–H and O–H groups in total. The molecule has 1 fully saturated rings. The third kappa shape index (κ3) is 5.13. The maximum Gasteiger partial charge on any atom is 0.243 e. The van der Waals surface area contributed by atoms with Gasteiger partial charge in [0.25, 0.3) is 0 Å². The van der Waals surface area contributed by atoms with Gasteiger partial charge in [0, 0.05) is 31.6 Å². The van der Waals surface area contributed by atoms with E-state index in [2.05, 4.69) is 10.2 Å². The molecule has 8 nitrogen and oxygen atoms in total. The Labute approximate surface area is 215 Å². The maximum atomic E-state index is 13.3. The first kappa shape index (κ1) is 25.1. The average molecular weight is 522 g/mol. The van der Waals surface area contributed by atoms with Crippen molar-refractivity contribution in [3.8, 4) is 5.75 Å². The molecule has 0 radical (unpaired) electrons. The number of sulfonamides is 1. The topological polar surface area (TPSA) is 87.7 Å². The third-order valence-electron chi connectivity index (χ3n) is 6.63. The summed E-state index contributed by atoms with van der Waals surface area (Å²) in [5, 5.41) is 4.29. The molecular weight excluding hydrogens is 493 g/mol. The predicted octanol–water partition coefficient (Wildman–Crippen LogP) is 4.59. The lowest BCUT2D eigenvalue weighted by Gasteiger charge is -2.36. The van der Waals surface area contributed by atoms with Crippen LogP contribution < -0.4 is 10.1 Å². The zero-order valence-corrected chi connectivity index (χ0v) is 21.5. The first-order valence-corrected chi connectivity index (χ1v) is 13.5. The molecule has 10 heteroatoms. The molecule has 37 heavy (non-hydrogen) atoms. The van der Waals surface area contributed by atoms with Crippen LogP contribution in [0.25, 0.3) is 10.9 Å². The van der Waals surface area contributed by atoms with Crippen LogP contribution >= 0.6 is 0 Å². The molecule has 1 saturated heterocycles. The lowest BCUT2D eigenvalue weighted by molar-refractivity contribution is 0.141. The van der Waals surface area contributed by atoms with Gasteiger partial charge in [0.05, 0.1) is 29.3 Å². The first-order chi connectivity index (χ1) is 17.9. The van der Waals surface area contributed by atoms with Gasteiger partial charge in [-0.15, -0.1) is 0 Å². The van der Waals surface area contributed by atoms with Crippen LogP contribution in [0.1, 0.15) is 18.8 Å². The van der Waals surface area contributed by atoms with Crippen molar-refractivity contribution in [2.75, 3.05) is 38.6 Å². The number of rotatable bonds is 7. The Bertz CT molecular complexity index is 1510. The molecule has 2 heterocycles. The van der Waals surface area contributed by atoms with Gasteiger partial charge in [-0.1, -0.05) is 24.3 Å². The minimum absolute atomic E-state index is 0.0975. The van der Waals surface area contributed by atoms with E-state index >= 15 is 0 Å². The second kappa shape index (κ2) is 10.4. The highest BCUT2D eigenvalue weighted by atomic mass is 32.2. The molecule has 0 spiro atoms. The number of piperazine rings is 1. The van der Waals surface area contributed by atoms with Gasteiger partial charge in [-0.3, -0.25) is 4.90 Å². The number of hydrogen-bond donors (Lipinski definition) is 1. The van der Waals surface area contributed by atoms with Crippen molar-refractivity contribution in [3.63, 3.8) is 0 Å². The molecule has 0 bridgehead atoms. The molecule has 0 unspecified atom stereocenters. The summed E-state index contributed by atoms with van der Waals surface area (Å²) in [7, 11) is -2.06. The van der Waals surface area contributed by atoms with Crippen molar-refractivity contribution in [2.24, 2.45) is 0 Å². The van der Waals surface area contributed by atoms with Gasteiger partial charge < -0.3 is 10.1 Å². The average Bonchev–Trinajstić information content (AvgIpc) is 2.93. The van der Waals surface area contributed by atoms with E-state index in [1.54, 1.807) is 7.11 Å². The number of anilines is 2. The zero-order valence-electron chi connectivity index (χ0n) is 20.6. The lowest BCUT2D eigenvalue weighted by atomic mass is 10.2. The summed E-state index contributed by atoms with van der Waals surface area (Å²) >= 11 is 0. The van der Waals surface area contributed by atoms with E-state index in [0.29, 0.717) is 43.6 Å². The smallest absolute Gasteiger partial charge is 0.243 e. The van der Waals surface area contributed by atoms with Gasteiger partial charge >= 0.3 is 0 Å². The van der Waals surface area contributed by atoms with Gasteiger partial charge in [0.1, 0.15) is 23.2 Å². The number of nitrogens with zero attached hydrogens (tertiary/aromatic N) is 4. The zero-order chi connectivity index (χ0) is 26.0. The van der Waals surface area contributed by atoms with Crippen molar-refractivity contribution in [3.05, 3.63) is 84.4 Å². The minimum Gasteiger partial charge on any atom is -0.495 e. The summed E-state index contributed by atoms with van der Waals surface area (Å²) in [5.74, 6) is 1.56. The molecular formula is C27H28FN5O3S. The van der Waals surface area contributed by atoms with E-state index in [9.17, 15) is 12.8 Å². The predicted molar refractivity (Wildman–Crippen MR) is 141 cm³/mol. The summed E-state index contributed by atoms with van der Waals surface area (Å²) < 4.78 is 46.2. The van der Waals surface area contributed by atoms with Crippen molar-refractivity contribution in [2.45, 2.75) is 17.9 Å². The fourth-order valence-corrected chi connectivity index (χ4v) is 5.92. The Balaban J connectivity index is 1.37. The summed E-state index contributed by atoms with van der Waals surface area (Å²) in [6.07, 6.45) is 0. The summed E-state index contributed by atoms with van der Waals surface area (Å²) in [4.78, 5) is 12.0. The van der Waals surface area contributed by atoms with Gasteiger partial charge in [0.15, 0.2) is 0 Å². The van der Waals surface area contributed by atoms with Crippen LogP contribution in [0.3, 0.4) is 0 Å². The van der Waals surface area contributed by atoms with Crippen LogP contribution in [0, 0.1) is 5.82 Å². The SMILES string of the molecule is COc1ccccc1Nc1nc([C@H](C)N2CCN(S(=O)(=O)c3ccc(F)cc3)CC2)nc2ccccc12. The van der Waals surface area contributed by atoms with E-state index in [1.165, 1.54) is 28.6 Å². The summed E-state index contributed by atoms with van der Waals surface area (Å²) in [6, 6.07) is 20.3. The molecule has 1 atom stereocenters. The minimum atomic E-state index is -3.68. The standard InChI is InChI=1S/C27H28FN5O3S/c1-19(32-15-17-33(18-16-32)37(34,35)21-13-11-20(28)12-14-21)26-29-23-8-4-3-7-22(23)27(31-26)30-24-9-5-6-10-25(24)36-2/h3-14,19H,15-18H2,1-2H3,(H,29,30,31)/t19-/m0/s1. The van der Waals surface area contributed by atoms with Crippen molar-refractivity contribution < 1.29 is 17.5 Å². The molecule has 1 aliphatic rings. The summed E-state index contributed by atoms with van der Waals surface area (Å²) in [6.45, 7) is 3.72. The highest BCUT2D eigenvalue weighted by Gasteiger charge is 2.31. The number of hydrogen-bond acceptors (Lipinski definition) is 7. The van der Waals surface area contributed by atoms with Crippen molar-refractivity contribution in [1.29, 1.82) is 0 Å². The Morgan fingerprint density at radius 2 is 1.59 bits per heavy atom. The number of benzene rings is 3. The summed E-state index contributed by atoms with van der Waals surface area (Å²) in [5.41, 5.74) is 1.61. The van der Waals surface area contributed by atoms with Gasteiger partial charge in [0.2, 0.25) is 10.0 Å².